The lowest BCUT2D eigenvalue weighted by atomic mass is 9.98. The van der Waals surface area contributed by atoms with Crippen molar-refractivity contribution in [2.24, 2.45) is 5.73 Å². The Morgan fingerprint density at radius 3 is 2.96 bits per heavy atom. The highest BCUT2D eigenvalue weighted by Crippen LogP contribution is 2.41. The molecule has 132 valence electrons. The van der Waals surface area contributed by atoms with Gasteiger partial charge in [-0.15, -0.1) is 11.3 Å². The zero-order chi connectivity index (χ0) is 17.2. The summed E-state index contributed by atoms with van der Waals surface area (Å²) >= 11 is 3.53. The molecule has 2 aromatic heterocycles. The number of rotatable bonds is 7. The van der Waals surface area contributed by atoms with E-state index >= 15 is 0 Å². The highest BCUT2D eigenvalue weighted by Gasteiger charge is 2.30. The fourth-order valence-corrected chi connectivity index (χ4v) is 4.85. The minimum atomic E-state index is -0.103. The molecule has 3 heterocycles. The molecule has 0 atom stereocenters. The largest absolute Gasteiger partial charge is 0.370 e. The maximum atomic E-state index is 6.02. The Labute approximate surface area is 151 Å². The highest BCUT2D eigenvalue weighted by molar-refractivity contribution is 7.99. The fourth-order valence-electron chi connectivity index (χ4n) is 2.73. The topological polar surface area (TPSA) is 73.1 Å². The van der Waals surface area contributed by atoms with Crippen molar-refractivity contribution >= 4 is 39.1 Å². The number of nitrogens with two attached hydrogens (primary N) is 1. The van der Waals surface area contributed by atoms with Crippen LogP contribution < -0.4 is 11.1 Å². The minimum absolute atomic E-state index is 0.103. The van der Waals surface area contributed by atoms with E-state index in [1.165, 1.54) is 10.4 Å². The predicted octanol–water partition coefficient (Wildman–Crippen LogP) is 3.81. The van der Waals surface area contributed by atoms with E-state index in [2.05, 4.69) is 26.1 Å². The van der Waals surface area contributed by atoms with Crippen LogP contribution in [0.1, 0.15) is 44.1 Å². The Bertz CT molecular complexity index is 714. The second-order valence-corrected chi connectivity index (χ2v) is 8.85. The van der Waals surface area contributed by atoms with Crippen LogP contribution in [0.5, 0.6) is 0 Å². The van der Waals surface area contributed by atoms with Crippen LogP contribution in [0.3, 0.4) is 0 Å². The molecule has 0 bridgehead atoms. The lowest BCUT2D eigenvalue weighted by Crippen LogP contribution is -2.30. The molecule has 0 saturated heterocycles. The van der Waals surface area contributed by atoms with Crippen LogP contribution in [0.2, 0.25) is 0 Å². The fraction of sp³-hybridized carbons (Fsp3) is 0.647. The minimum Gasteiger partial charge on any atom is -0.370 e. The molecule has 1 aliphatic heterocycles. The number of fused-ring (bicyclic) bond motifs is 3. The van der Waals surface area contributed by atoms with Crippen molar-refractivity contribution in [3.63, 3.8) is 0 Å². The third-order valence-electron chi connectivity index (χ3n) is 3.99. The molecule has 2 aromatic rings. The summed E-state index contributed by atoms with van der Waals surface area (Å²) in [6.45, 7) is 8.63. The third kappa shape index (κ3) is 3.85. The molecule has 1 aliphatic rings. The molecule has 0 aliphatic carbocycles. The van der Waals surface area contributed by atoms with Gasteiger partial charge in [-0.05, 0) is 33.2 Å². The smallest absolute Gasteiger partial charge is 0.190 e. The number of hydrogen-bond acceptors (Lipinski definition) is 7. The normalized spacial score (nSPS) is 16.3. The van der Waals surface area contributed by atoms with Crippen molar-refractivity contribution in [2.75, 3.05) is 24.2 Å². The summed E-state index contributed by atoms with van der Waals surface area (Å²) in [6.07, 6.45) is 2.98. The van der Waals surface area contributed by atoms with Crippen LogP contribution in [0.4, 0.5) is 5.82 Å². The van der Waals surface area contributed by atoms with Crippen molar-refractivity contribution in [3.8, 4) is 0 Å². The van der Waals surface area contributed by atoms with Crippen LogP contribution in [-0.4, -0.2) is 34.4 Å². The van der Waals surface area contributed by atoms with Gasteiger partial charge in [0.15, 0.2) is 5.16 Å². The summed E-state index contributed by atoms with van der Waals surface area (Å²) in [5, 5.41) is 4.31. The average molecular weight is 367 g/mol. The lowest BCUT2D eigenvalue weighted by Gasteiger charge is -2.29. The van der Waals surface area contributed by atoms with E-state index in [9.17, 15) is 0 Å². The molecule has 5 nitrogen and oxygen atoms in total. The molecular weight excluding hydrogens is 340 g/mol. The van der Waals surface area contributed by atoms with Gasteiger partial charge in [0.2, 0.25) is 0 Å². The van der Waals surface area contributed by atoms with E-state index in [1.807, 2.05) is 11.3 Å². The van der Waals surface area contributed by atoms with E-state index in [0.717, 1.165) is 52.8 Å². The molecule has 7 heteroatoms. The Morgan fingerprint density at radius 1 is 1.38 bits per heavy atom. The van der Waals surface area contributed by atoms with Crippen LogP contribution in [-0.2, 0) is 17.8 Å². The second-order valence-electron chi connectivity index (χ2n) is 6.68. The zero-order valence-electron chi connectivity index (χ0n) is 14.6. The molecular formula is C17H26N4OS2. The summed E-state index contributed by atoms with van der Waals surface area (Å²) in [6, 6.07) is 0. The van der Waals surface area contributed by atoms with Crippen molar-refractivity contribution in [1.29, 1.82) is 0 Å². The first kappa shape index (κ1) is 17.9. The SMILES string of the molecule is CCCSc1nc(NCCCN)c2sc3c(c2n1)COC(C)(C)C3. The van der Waals surface area contributed by atoms with Crippen LogP contribution >= 0.6 is 23.1 Å². The van der Waals surface area contributed by atoms with Gasteiger partial charge >= 0.3 is 0 Å². The number of ether oxygens (including phenoxy) is 1. The van der Waals surface area contributed by atoms with Gasteiger partial charge in [-0.2, -0.15) is 0 Å². The molecule has 0 unspecified atom stereocenters. The number of aromatic nitrogens is 2. The van der Waals surface area contributed by atoms with Gasteiger partial charge in [0.1, 0.15) is 5.82 Å². The van der Waals surface area contributed by atoms with Gasteiger partial charge in [0, 0.05) is 29.2 Å². The van der Waals surface area contributed by atoms with Gasteiger partial charge in [-0.1, -0.05) is 18.7 Å². The third-order valence-corrected chi connectivity index (χ3v) is 6.28. The molecule has 0 saturated carbocycles. The first-order valence-corrected chi connectivity index (χ1v) is 10.4. The molecule has 0 amide bonds. The molecule has 0 aromatic carbocycles. The number of nitrogens with zero attached hydrogens (tertiary/aromatic N) is 2. The number of anilines is 1. The molecule has 0 fully saturated rings. The number of nitrogens with one attached hydrogen (secondary N) is 1. The van der Waals surface area contributed by atoms with E-state index < -0.39 is 0 Å². The van der Waals surface area contributed by atoms with Crippen LogP contribution in [0.25, 0.3) is 10.2 Å². The Morgan fingerprint density at radius 2 is 2.21 bits per heavy atom. The van der Waals surface area contributed by atoms with Crippen molar-refractivity contribution in [1.82, 2.24) is 9.97 Å². The summed E-state index contributed by atoms with van der Waals surface area (Å²) in [5.74, 6) is 1.98. The zero-order valence-corrected chi connectivity index (χ0v) is 16.3. The van der Waals surface area contributed by atoms with E-state index in [4.69, 9.17) is 20.4 Å². The monoisotopic (exact) mass is 366 g/mol. The number of thioether (sulfide) groups is 1. The van der Waals surface area contributed by atoms with Crippen molar-refractivity contribution in [3.05, 3.63) is 10.4 Å². The summed E-state index contributed by atoms with van der Waals surface area (Å²) in [7, 11) is 0. The summed E-state index contributed by atoms with van der Waals surface area (Å²) in [5.41, 5.74) is 7.83. The predicted molar refractivity (Wildman–Crippen MR) is 103 cm³/mol. The summed E-state index contributed by atoms with van der Waals surface area (Å²) < 4.78 is 7.17. The van der Waals surface area contributed by atoms with Crippen molar-refractivity contribution < 1.29 is 4.74 Å². The maximum Gasteiger partial charge on any atom is 0.190 e. The van der Waals surface area contributed by atoms with Crippen LogP contribution in [0.15, 0.2) is 5.16 Å². The van der Waals surface area contributed by atoms with Crippen LogP contribution in [0, 0.1) is 0 Å². The average Bonchev–Trinajstić information content (AvgIpc) is 2.89. The van der Waals surface area contributed by atoms with Gasteiger partial charge in [0.05, 0.1) is 22.4 Å². The Kier molecular flexibility index (Phi) is 5.64. The van der Waals surface area contributed by atoms with E-state index in [1.54, 1.807) is 11.8 Å². The quantitative estimate of drug-likeness (QED) is 0.441. The molecule has 0 radical (unpaired) electrons. The van der Waals surface area contributed by atoms with E-state index in [0.29, 0.717) is 13.2 Å². The van der Waals surface area contributed by atoms with Gasteiger partial charge in [-0.3, -0.25) is 0 Å². The second kappa shape index (κ2) is 7.56. The number of hydrogen-bond donors (Lipinski definition) is 2. The maximum absolute atomic E-state index is 6.02. The number of thiophene rings is 1. The summed E-state index contributed by atoms with van der Waals surface area (Å²) in [4.78, 5) is 11.0. The van der Waals surface area contributed by atoms with E-state index in [-0.39, 0.29) is 5.60 Å². The van der Waals surface area contributed by atoms with Gasteiger partial charge in [-0.25, -0.2) is 9.97 Å². The van der Waals surface area contributed by atoms with Crippen molar-refractivity contribution in [2.45, 2.75) is 57.4 Å². The molecule has 3 N–H and O–H groups in total. The highest BCUT2D eigenvalue weighted by atomic mass is 32.2. The van der Waals surface area contributed by atoms with Gasteiger partial charge < -0.3 is 15.8 Å². The lowest BCUT2D eigenvalue weighted by molar-refractivity contribution is -0.0383. The molecule has 3 rings (SSSR count). The Hall–Kier alpha value is -0.890. The standard InChI is InChI=1S/C17H26N4OS2/c1-4-8-23-16-20-13-11-10-22-17(2,3)9-12(11)24-14(13)15(21-16)19-7-5-6-18/h4-10,18H2,1-3H3,(H,19,20,21). The van der Waals surface area contributed by atoms with Gasteiger partial charge in [0.25, 0.3) is 0 Å². The Balaban J connectivity index is 2.01. The first-order valence-electron chi connectivity index (χ1n) is 8.57. The molecule has 0 spiro atoms. The first-order chi connectivity index (χ1) is 11.5. The molecule has 24 heavy (non-hydrogen) atoms.